The first-order valence-corrected chi connectivity index (χ1v) is 9.85. The van der Waals surface area contributed by atoms with Crippen LogP contribution in [0.25, 0.3) is 0 Å². The number of hydrogen-bond donors (Lipinski definition) is 0. The summed E-state index contributed by atoms with van der Waals surface area (Å²) < 4.78 is 10.6. The van der Waals surface area contributed by atoms with Crippen molar-refractivity contribution in [3.8, 4) is 11.5 Å². The number of piperazine rings is 1. The number of nitrogens with zero attached hydrogens (tertiary/aromatic N) is 3. The molecule has 7 nitrogen and oxygen atoms in total. The van der Waals surface area contributed by atoms with Gasteiger partial charge in [-0.25, -0.2) is 0 Å². The van der Waals surface area contributed by atoms with Crippen LogP contribution in [0, 0.1) is 0 Å². The number of carbonyl (C=O) groups is 2. The van der Waals surface area contributed by atoms with Gasteiger partial charge < -0.3 is 24.2 Å². The highest BCUT2D eigenvalue weighted by atomic mass is 16.5. The van der Waals surface area contributed by atoms with E-state index in [2.05, 4.69) is 0 Å². The summed E-state index contributed by atoms with van der Waals surface area (Å²) in [5.41, 5.74) is 1.13. The number of amides is 2. The molecule has 0 atom stereocenters. The molecule has 7 heteroatoms. The van der Waals surface area contributed by atoms with Crippen LogP contribution in [-0.4, -0.2) is 87.6 Å². The highest BCUT2D eigenvalue weighted by Gasteiger charge is 2.23. The van der Waals surface area contributed by atoms with Crippen molar-refractivity contribution in [1.29, 1.82) is 0 Å². The van der Waals surface area contributed by atoms with Gasteiger partial charge in [-0.3, -0.25) is 9.59 Å². The first-order chi connectivity index (χ1) is 13.4. The third-order valence-corrected chi connectivity index (χ3v) is 5.06. The third-order valence-electron chi connectivity index (χ3n) is 5.06. The fourth-order valence-electron chi connectivity index (χ4n) is 3.32. The molecule has 0 radical (unpaired) electrons. The molecule has 1 aromatic carbocycles. The van der Waals surface area contributed by atoms with E-state index in [1.54, 1.807) is 14.2 Å². The summed E-state index contributed by atoms with van der Waals surface area (Å²) in [6, 6.07) is 5.86. The van der Waals surface area contributed by atoms with Crippen molar-refractivity contribution < 1.29 is 19.1 Å². The summed E-state index contributed by atoms with van der Waals surface area (Å²) in [6.45, 7) is 3.28. The quantitative estimate of drug-likeness (QED) is 0.641. The number of hydrogen-bond acceptors (Lipinski definition) is 5. The van der Waals surface area contributed by atoms with Crippen LogP contribution in [0.15, 0.2) is 18.2 Å². The highest BCUT2D eigenvalue weighted by Crippen LogP contribution is 2.28. The molecular formula is C21H33N3O4. The van der Waals surface area contributed by atoms with E-state index in [1.165, 1.54) is 0 Å². The Morgan fingerprint density at radius 3 is 2.04 bits per heavy atom. The minimum Gasteiger partial charge on any atom is -0.493 e. The van der Waals surface area contributed by atoms with E-state index in [-0.39, 0.29) is 11.8 Å². The average Bonchev–Trinajstić information content (AvgIpc) is 2.71. The molecule has 156 valence electrons. The molecule has 2 amide bonds. The Hall–Kier alpha value is -2.28. The molecule has 0 saturated carbocycles. The largest absolute Gasteiger partial charge is 0.493 e. The SMILES string of the molecule is COc1ccc(CCCC(=O)N2CCN(C(=O)CCN(C)C)CC2)cc1OC. The second-order valence-electron chi connectivity index (χ2n) is 7.36. The predicted molar refractivity (Wildman–Crippen MR) is 109 cm³/mol. The van der Waals surface area contributed by atoms with Crippen LogP contribution in [0.1, 0.15) is 24.8 Å². The van der Waals surface area contributed by atoms with E-state index in [4.69, 9.17) is 9.47 Å². The molecule has 2 rings (SSSR count). The van der Waals surface area contributed by atoms with Crippen molar-refractivity contribution in [2.75, 3.05) is 61.0 Å². The smallest absolute Gasteiger partial charge is 0.223 e. The lowest BCUT2D eigenvalue weighted by Gasteiger charge is -2.35. The highest BCUT2D eigenvalue weighted by molar-refractivity contribution is 5.78. The minimum absolute atomic E-state index is 0.167. The number of rotatable bonds is 9. The second-order valence-corrected chi connectivity index (χ2v) is 7.36. The number of benzene rings is 1. The van der Waals surface area contributed by atoms with Crippen molar-refractivity contribution in [2.45, 2.75) is 25.7 Å². The molecule has 0 bridgehead atoms. The molecule has 1 saturated heterocycles. The first kappa shape index (κ1) is 22.0. The molecule has 1 aromatic rings. The maximum absolute atomic E-state index is 12.5. The third kappa shape index (κ3) is 6.41. The Kier molecular flexibility index (Phi) is 8.57. The summed E-state index contributed by atoms with van der Waals surface area (Å²) in [4.78, 5) is 30.4. The Balaban J connectivity index is 1.72. The van der Waals surface area contributed by atoms with Crippen molar-refractivity contribution >= 4 is 11.8 Å². The van der Waals surface area contributed by atoms with Crippen LogP contribution >= 0.6 is 0 Å². The van der Waals surface area contributed by atoms with Gasteiger partial charge in [0.15, 0.2) is 11.5 Å². The number of carbonyl (C=O) groups excluding carboxylic acids is 2. The fourth-order valence-corrected chi connectivity index (χ4v) is 3.32. The lowest BCUT2D eigenvalue weighted by atomic mass is 10.1. The summed E-state index contributed by atoms with van der Waals surface area (Å²) in [6.07, 6.45) is 2.65. The molecule has 0 spiro atoms. The summed E-state index contributed by atoms with van der Waals surface area (Å²) in [5, 5.41) is 0. The van der Waals surface area contributed by atoms with Crippen molar-refractivity contribution in [3.63, 3.8) is 0 Å². The van der Waals surface area contributed by atoms with Crippen molar-refractivity contribution in [3.05, 3.63) is 23.8 Å². The normalized spacial score (nSPS) is 14.3. The van der Waals surface area contributed by atoms with Crippen LogP contribution in [0.2, 0.25) is 0 Å². The van der Waals surface area contributed by atoms with E-state index in [9.17, 15) is 9.59 Å². The molecule has 0 N–H and O–H groups in total. The van der Waals surface area contributed by atoms with Gasteiger partial charge in [-0.05, 0) is 44.6 Å². The Labute approximate surface area is 168 Å². The van der Waals surface area contributed by atoms with Gasteiger partial charge in [0.1, 0.15) is 0 Å². The fraction of sp³-hybridized carbons (Fsp3) is 0.619. The number of methoxy groups -OCH3 is 2. The van der Waals surface area contributed by atoms with Crippen LogP contribution in [0.3, 0.4) is 0 Å². The summed E-state index contributed by atoms with van der Waals surface area (Å²) >= 11 is 0. The summed E-state index contributed by atoms with van der Waals surface area (Å²) in [5.74, 6) is 1.76. The molecule has 0 unspecified atom stereocenters. The van der Waals surface area contributed by atoms with Gasteiger partial charge in [0.2, 0.25) is 11.8 Å². The Bertz CT molecular complexity index is 655. The van der Waals surface area contributed by atoms with Gasteiger partial charge in [-0.15, -0.1) is 0 Å². The van der Waals surface area contributed by atoms with E-state index in [1.807, 2.05) is 47.0 Å². The van der Waals surface area contributed by atoms with Gasteiger partial charge >= 0.3 is 0 Å². The molecule has 0 aromatic heterocycles. The molecule has 1 heterocycles. The topological polar surface area (TPSA) is 62.3 Å². The zero-order valence-corrected chi connectivity index (χ0v) is 17.6. The van der Waals surface area contributed by atoms with Crippen LogP contribution in [0.4, 0.5) is 0 Å². The van der Waals surface area contributed by atoms with Gasteiger partial charge in [0.25, 0.3) is 0 Å². The number of ether oxygens (including phenoxy) is 2. The van der Waals surface area contributed by atoms with Gasteiger partial charge in [-0.2, -0.15) is 0 Å². The standard InChI is InChI=1S/C21H33N3O4/c1-22(2)11-10-21(26)24-14-12-23(13-15-24)20(25)7-5-6-17-8-9-18(27-3)19(16-17)28-4/h8-9,16H,5-7,10-15H2,1-4H3. The molecule has 0 aliphatic carbocycles. The van der Waals surface area contributed by atoms with Crippen LogP contribution in [0.5, 0.6) is 11.5 Å². The average molecular weight is 392 g/mol. The van der Waals surface area contributed by atoms with E-state index >= 15 is 0 Å². The Morgan fingerprint density at radius 1 is 0.929 bits per heavy atom. The molecular weight excluding hydrogens is 358 g/mol. The van der Waals surface area contributed by atoms with Crippen LogP contribution in [-0.2, 0) is 16.0 Å². The monoisotopic (exact) mass is 391 g/mol. The molecule has 1 fully saturated rings. The molecule has 1 aliphatic heterocycles. The maximum atomic E-state index is 12.5. The number of aryl methyl sites for hydroxylation is 1. The van der Waals surface area contributed by atoms with E-state index < -0.39 is 0 Å². The lowest BCUT2D eigenvalue weighted by Crippen LogP contribution is -2.50. The van der Waals surface area contributed by atoms with Gasteiger partial charge in [0, 0.05) is 45.6 Å². The molecule has 1 aliphatic rings. The summed E-state index contributed by atoms with van der Waals surface area (Å²) in [7, 11) is 7.17. The first-order valence-electron chi connectivity index (χ1n) is 9.85. The predicted octanol–water partition coefficient (Wildman–Crippen LogP) is 1.65. The van der Waals surface area contributed by atoms with Crippen molar-refractivity contribution in [1.82, 2.24) is 14.7 Å². The van der Waals surface area contributed by atoms with Crippen LogP contribution < -0.4 is 9.47 Å². The lowest BCUT2D eigenvalue weighted by molar-refractivity contribution is -0.139. The molecule has 28 heavy (non-hydrogen) atoms. The minimum atomic E-state index is 0.167. The Morgan fingerprint density at radius 2 is 1.50 bits per heavy atom. The van der Waals surface area contributed by atoms with E-state index in [0.29, 0.717) is 50.5 Å². The second kappa shape index (κ2) is 10.9. The van der Waals surface area contributed by atoms with Gasteiger partial charge in [0.05, 0.1) is 14.2 Å². The zero-order valence-electron chi connectivity index (χ0n) is 17.6. The van der Waals surface area contributed by atoms with Gasteiger partial charge in [-0.1, -0.05) is 6.07 Å². The van der Waals surface area contributed by atoms with Crippen molar-refractivity contribution in [2.24, 2.45) is 0 Å². The maximum Gasteiger partial charge on any atom is 0.223 e. The van der Waals surface area contributed by atoms with E-state index in [0.717, 1.165) is 24.9 Å². The zero-order chi connectivity index (χ0) is 20.5.